The number of hydrogen-bond acceptors (Lipinski definition) is 4. The van der Waals surface area contributed by atoms with Crippen LogP contribution in [0.2, 0.25) is 0 Å². The highest BCUT2D eigenvalue weighted by Crippen LogP contribution is 2.24. The van der Waals surface area contributed by atoms with Crippen LogP contribution in [0.5, 0.6) is 0 Å². The molecule has 0 aliphatic carbocycles. The molecule has 0 amide bonds. The molecule has 0 aliphatic rings. The second-order valence-electron chi connectivity index (χ2n) is 4.28. The quantitative estimate of drug-likeness (QED) is 0.895. The predicted molar refractivity (Wildman–Crippen MR) is 69.2 cm³/mol. The Kier molecular flexibility index (Phi) is 3.33. The van der Waals surface area contributed by atoms with Gasteiger partial charge in [-0.05, 0) is 39.0 Å². The van der Waals surface area contributed by atoms with Gasteiger partial charge in [0.15, 0.2) is 0 Å². The van der Waals surface area contributed by atoms with Gasteiger partial charge in [0, 0.05) is 11.8 Å². The number of nitriles is 1. The van der Waals surface area contributed by atoms with Gasteiger partial charge in [0.1, 0.15) is 23.4 Å². The summed E-state index contributed by atoms with van der Waals surface area (Å²) in [7, 11) is 0. The summed E-state index contributed by atoms with van der Waals surface area (Å²) in [4.78, 5) is 4.19. The largest absolute Gasteiger partial charge is 0.466 e. The Morgan fingerprint density at radius 1 is 1.39 bits per heavy atom. The fraction of sp³-hybridized carbons (Fsp3) is 0.286. The monoisotopic (exact) mass is 241 g/mol. The van der Waals surface area contributed by atoms with E-state index in [-0.39, 0.29) is 6.04 Å². The molecule has 0 radical (unpaired) electrons. The van der Waals surface area contributed by atoms with Gasteiger partial charge in [0.2, 0.25) is 0 Å². The second-order valence-corrected chi connectivity index (χ2v) is 4.28. The van der Waals surface area contributed by atoms with Crippen LogP contribution in [0.3, 0.4) is 0 Å². The van der Waals surface area contributed by atoms with E-state index >= 15 is 0 Å². The molecular weight excluding hydrogens is 226 g/mol. The van der Waals surface area contributed by atoms with E-state index in [1.165, 1.54) is 0 Å². The molecule has 2 rings (SSSR count). The number of rotatable bonds is 3. The van der Waals surface area contributed by atoms with Crippen molar-refractivity contribution < 1.29 is 4.42 Å². The van der Waals surface area contributed by atoms with Gasteiger partial charge in [0.05, 0.1) is 11.6 Å². The van der Waals surface area contributed by atoms with Crippen LogP contribution in [-0.2, 0) is 0 Å². The molecule has 1 unspecified atom stereocenters. The number of aryl methyl sites for hydroxylation is 2. The molecule has 0 fully saturated rings. The molecule has 4 nitrogen and oxygen atoms in total. The number of aromatic nitrogens is 1. The topological polar surface area (TPSA) is 61.9 Å². The van der Waals surface area contributed by atoms with E-state index in [9.17, 15) is 0 Å². The molecule has 0 saturated carbocycles. The molecule has 0 spiro atoms. The Bertz CT molecular complexity index is 578. The lowest BCUT2D eigenvalue weighted by atomic mass is 10.1. The number of furan rings is 1. The Hall–Kier alpha value is -2.28. The summed E-state index contributed by atoms with van der Waals surface area (Å²) in [5, 5.41) is 12.0. The van der Waals surface area contributed by atoms with Crippen molar-refractivity contribution in [3.8, 4) is 6.07 Å². The average molecular weight is 241 g/mol. The molecule has 1 N–H and O–H groups in total. The van der Waals surface area contributed by atoms with Crippen molar-refractivity contribution in [2.75, 3.05) is 5.32 Å². The van der Waals surface area contributed by atoms with E-state index in [0.29, 0.717) is 5.56 Å². The van der Waals surface area contributed by atoms with Crippen LogP contribution in [-0.4, -0.2) is 4.98 Å². The molecule has 2 heterocycles. The summed E-state index contributed by atoms with van der Waals surface area (Å²) < 4.78 is 5.51. The molecule has 2 aromatic heterocycles. The standard InChI is InChI=1S/C14H15N3O/c1-9-6-13(11(3)18-9)10(2)17-14-5-4-12(7-15)8-16-14/h4-6,8,10H,1-3H3,(H,16,17). The molecule has 1 atom stereocenters. The Morgan fingerprint density at radius 2 is 2.17 bits per heavy atom. The van der Waals surface area contributed by atoms with Gasteiger partial charge in [-0.15, -0.1) is 0 Å². The third kappa shape index (κ3) is 2.51. The van der Waals surface area contributed by atoms with Crippen LogP contribution in [0.4, 0.5) is 5.82 Å². The first-order valence-electron chi connectivity index (χ1n) is 5.80. The molecule has 92 valence electrons. The minimum absolute atomic E-state index is 0.114. The Labute approximate surface area is 106 Å². The first-order valence-corrected chi connectivity index (χ1v) is 5.80. The molecule has 18 heavy (non-hydrogen) atoms. The number of nitrogens with one attached hydrogen (secondary N) is 1. The summed E-state index contributed by atoms with van der Waals surface area (Å²) in [5.74, 6) is 2.57. The first kappa shape index (κ1) is 12.2. The fourth-order valence-electron chi connectivity index (χ4n) is 1.93. The predicted octanol–water partition coefficient (Wildman–Crippen LogP) is 3.34. The van der Waals surface area contributed by atoms with Gasteiger partial charge >= 0.3 is 0 Å². The zero-order valence-corrected chi connectivity index (χ0v) is 10.7. The lowest BCUT2D eigenvalue weighted by Crippen LogP contribution is -2.08. The summed E-state index contributed by atoms with van der Waals surface area (Å²) in [6.07, 6.45) is 1.56. The van der Waals surface area contributed by atoms with E-state index in [1.807, 2.05) is 26.0 Å². The number of nitrogens with zero attached hydrogens (tertiary/aromatic N) is 2. The van der Waals surface area contributed by atoms with Crippen molar-refractivity contribution in [1.29, 1.82) is 5.26 Å². The first-order chi connectivity index (χ1) is 8.60. The normalized spacial score (nSPS) is 11.9. The van der Waals surface area contributed by atoms with Crippen LogP contribution in [0, 0.1) is 25.2 Å². The molecule has 4 heteroatoms. The van der Waals surface area contributed by atoms with Crippen molar-refractivity contribution in [2.45, 2.75) is 26.8 Å². The van der Waals surface area contributed by atoms with Crippen molar-refractivity contribution in [2.24, 2.45) is 0 Å². The lowest BCUT2D eigenvalue weighted by molar-refractivity contribution is 0.500. The van der Waals surface area contributed by atoms with Gasteiger partial charge in [-0.1, -0.05) is 0 Å². The second kappa shape index (κ2) is 4.92. The zero-order valence-electron chi connectivity index (χ0n) is 10.7. The fourth-order valence-corrected chi connectivity index (χ4v) is 1.93. The third-order valence-electron chi connectivity index (χ3n) is 2.80. The highest BCUT2D eigenvalue weighted by Gasteiger charge is 2.12. The maximum atomic E-state index is 8.70. The molecule has 0 bridgehead atoms. The van der Waals surface area contributed by atoms with Crippen LogP contribution < -0.4 is 5.32 Å². The van der Waals surface area contributed by atoms with Gasteiger partial charge in [-0.2, -0.15) is 5.26 Å². The van der Waals surface area contributed by atoms with Crippen molar-refractivity contribution in [3.63, 3.8) is 0 Å². The van der Waals surface area contributed by atoms with E-state index in [2.05, 4.69) is 17.2 Å². The van der Waals surface area contributed by atoms with Gasteiger partial charge in [0.25, 0.3) is 0 Å². The highest BCUT2D eigenvalue weighted by molar-refractivity contribution is 5.42. The van der Waals surface area contributed by atoms with Crippen molar-refractivity contribution in [1.82, 2.24) is 4.98 Å². The van der Waals surface area contributed by atoms with Crippen LogP contribution in [0.25, 0.3) is 0 Å². The number of hydrogen-bond donors (Lipinski definition) is 1. The summed E-state index contributed by atoms with van der Waals surface area (Å²) in [6.45, 7) is 5.94. The lowest BCUT2D eigenvalue weighted by Gasteiger charge is -2.13. The summed E-state index contributed by atoms with van der Waals surface area (Å²) in [5.41, 5.74) is 1.68. The maximum absolute atomic E-state index is 8.70. The zero-order chi connectivity index (χ0) is 13.1. The van der Waals surface area contributed by atoms with E-state index < -0.39 is 0 Å². The Balaban J connectivity index is 2.13. The van der Waals surface area contributed by atoms with Gasteiger partial charge in [-0.3, -0.25) is 0 Å². The Morgan fingerprint density at radius 3 is 2.67 bits per heavy atom. The van der Waals surface area contributed by atoms with Crippen molar-refractivity contribution >= 4 is 5.82 Å². The molecule has 0 saturated heterocycles. The minimum atomic E-state index is 0.114. The van der Waals surface area contributed by atoms with Crippen molar-refractivity contribution in [3.05, 3.63) is 47.0 Å². The minimum Gasteiger partial charge on any atom is -0.466 e. The summed E-state index contributed by atoms with van der Waals surface area (Å²) >= 11 is 0. The average Bonchev–Trinajstić information content (AvgIpc) is 2.69. The highest BCUT2D eigenvalue weighted by atomic mass is 16.3. The number of pyridine rings is 1. The molecular formula is C14H15N3O. The summed E-state index contributed by atoms with van der Waals surface area (Å²) in [6, 6.07) is 7.73. The molecule has 2 aromatic rings. The van der Waals surface area contributed by atoms with Gasteiger partial charge in [-0.25, -0.2) is 4.98 Å². The molecule has 0 aromatic carbocycles. The van der Waals surface area contributed by atoms with Crippen LogP contribution >= 0.6 is 0 Å². The number of anilines is 1. The smallest absolute Gasteiger partial charge is 0.126 e. The van der Waals surface area contributed by atoms with E-state index in [1.54, 1.807) is 18.3 Å². The van der Waals surface area contributed by atoms with Crippen LogP contribution in [0.1, 0.15) is 35.6 Å². The third-order valence-corrected chi connectivity index (χ3v) is 2.80. The van der Waals surface area contributed by atoms with E-state index in [0.717, 1.165) is 22.9 Å². The maximum Gasteiger partial charge on any atom is 0.126 e. The van der Waals surface area contributed by atoms with Gasteiger partial charge < -0.3 is 9.73 Å². The van der Waals surface area contributed by atoms with E-state index in [4.69, 9.17) is 9.68 Å². The SMILES string of the molecule is Cc1cc(C(C)Nc2ccc(C#N)cn2)c(C)o1. The van der Waals surface area contributed by atoms with Crippen LogP contribution in [0.15, 0.2) is 28.8 Å². The molecule has 0 aliphatic heterocycles.